The minimum absolute atomic E-state index is 0.0520. The van der Waals surface area contributed by atoms with Crippen molar-refractivity contribution < 1.29 is 23.8 Å². The van der Waals surface area contributed by atoms with Gasteiger partial charge in [0.05, 0.1) is 33.3 Å². The van der Waals surface area contributed by atoms with Crippen LogP contribution in [-0.2, 0) is 9.59 Å². The summed E-state index contributed by atoms with van der Waals surface area (Å²) in [7, 11) is 4.73. The first-order chi connectivity index (χ1) is 17.4. The number of hydrogen-bond acceptors (Lipinski definition) is 5. The summed E-state index contributed by atoms with van der Waals surface area (Å²) >= 11 is 3.47. The van der Waals surface area contributed by atoms with Gasteiger partial charge >= 0.3 is 0 Å². The molecular weight excluding hydrogens is 524 g/mol. The standard InChI is InChI=1S/C28H29BrN2O5/c1-17-15-19(29)6-12-23(17)30-28(33)22-11-14-26(32)31(20-7-9-21(34-2)10-8-20)27(22)18-5-13-24(35-3)25(16-18)36-4/h5-10,12-13,15-16,22,27H,11,14H2,1-4H3,(H,30,33)/t22-,27+/m1/s1. The molecule has 0 aromatic heterocycles. The zero-order valence-corrected chi connectivity index (χ0v) is 22.3. The average molecular weight is 553 g/mol. The number of carbonyl (C=O) groups is 2. The SMILES string of the molecule is COc1ccc(N2C(=O)CC[C@@H](C(=O)Nc3ccc(Br)cc3C)[C@@H]2c2ccc(OC)c(OC)c2)cc1. The van der Waals surface area contributed by atoms with Crippen LogP contribution in [0.4, 0.5) is 11.4 Å². The summed E-state index contributed by atoms with van der Waals surface area (Å²) < 4.78 is 17.2. The van der Waals surface area contributed by atoms with Gasteiger partial charge in [-0.3, -0.25) is 9.59 Å². The lowest BCUT2D eigenvalue weighted by atomic mass is 9.83. The fraction of sp³-hybridized carbons (Fsp3) is 0.286. The molecular formula is C28H29BrN2O5. The van der Waals surface area contributed by atoms with Gasteiger partial charge in [0.1, 0.15) is 5.75 Å². The van der Waals surface area contributed by atoms with E-state index >= 15 is 0 Å². The Morgan fingerprint density at radius 2 is 1.67 bits per heavy atom. The molecule has 1 N–H and O–H groups in total. The molecule has 2 amide bonds. The van der Waals surface area contributed by atoms with E-state index in [-0.39, 0.29) is 18.2 Å². The Bertz CT molecular complexity index is 1260. The van der Waals surface area contributed by atoms with Crippen LogP contribution in [0.3, 0.4) is 0 Å². The lowest BCUT2D eigenvalue weighted by molar-refractivity contribution is -0.125. The van der Waals surface area contributed by atoms with Crippen LogP contribution < -0.4 is 24.4 Å². The summed E-state index contributed by atoms with van der Waals surface area (Å²) in [5, 5.41) is 3.09. The van der Waals surface area contributed by atoms with Crippen LogP contribution in [0.1, 0.15) is 30.0 Å². The summed E-state index contributed by atoms with van der Waals surface area (Å²) in [6.45, 7) is 1.94. The molecule has 0 unspecified atom stereocenters. The first-order valence-electron chi connectivity index (χ1n) is 11.6. The number of anilines is 2. The van der Waals surface area contributed by atoms with E-state index in [9.17, 15) is 9.59 Å². The number of hydrogen-bond donors (Lipinski definition) is 1. The molecule has 2 atom stereocenters. The number of nitrogens with one attached hydrogen (secondary N) is 1. The van der Waals surface area contributed by atoms with Crippen molar-refractivity contribution in [3.63, 3.8) is 0 Å². The number of ether oxygens (including phenoxy) is 3. The normalized spacial score (nSPS) is 17.5. The lowest BCUT2D eigenvalue weighted by Gasteiger charge is -2.41. The Kier molecular flexibility index (Phi) is 7.84. The van der Waals surface area contributed by atoms with E-state index in [1.165, 1.54) is 0 Å². The molecule has 0 aliphatic carbocycles. The Balaban J connectivity index is 1.78. The molecule has 0 bridgehead atoms. The van der Waals surface area contributed by atoms with Gasteiger partial charge in [0, 0.05) is 22.3 Å². The predicted molar refractivity (Wildman–Crippen MR) is 143 cm³/mol. The van der Waals surface area contributed by atoms with E-state index in [0.29, 0.717) is 29.4 Å². The number of amides is 2. The molecule has 7 nitrogen and oxygen atoms in total. The van der Waals surface area contributed by atoms with Crippen molar-refractivity contribution in [2.75, 3.05) is 31.5 Å². The van der Waals surface area contributed by atoms with Crippen LogP contribution in [0.2, 0.25) is 0 Å². The fourth-order valence-corrected chi connectivity index (χ4v) is 5.10. The van der Waals surface area contributed by atoms with E-state index in [1.54, 1.807) is 32.3 Å². The second-order valence-corrected chi connectivity index (χ2v) is 9.53. The van der Waals surface area contributed by atoms with Gasteiger partial charge in [-0.2, -0.15) is 0 Å². The van der Waals surface area contributed by atoms with Crippen molar-refractivity contribution in [1.82, 2.24) is 0 Å². The molecule has 1 saturated heterocycles. The van der Waals surface area contributed by atoms with E-state index in [2.05, 4.69) is 21.2 Å². The first-order valence-corrected chi connectivity index (χ1v) is 12.4. The van der Waals surface area contributed by atoms with Gasteiger partial charge in [-0.05, 0) is 79.1 Å². The monoisotopic (exact) mass is 552 g/mol. The summed E-state index contributed by atoms with van der Waals surface area (Å²) in [4.78, 5) is 28.8. The second-order valence-electron chi connectivity index (χ2n) is 8.61. The van der Waals surface area contributed by atoms with Crippen LogP contribution in [-0.4, -0.2) is 33.1 Å². The first kappa shape index (κ1) is 25.6. The molecule has 3 aromatic rings. The highest BCUT2D eigenvalue weighted by molar-refractivity contribution is 9.10. The molecule has 36 heavy (non-hydrogen) atoms. The van der Waals surface area contributed by atoms with Gasteiger partial charge in [0.15, 0.2) is 11.5 Å². The quantitative estimate of drug-likeness (QED) is 0.394. The Morgan fingerprint density at radius 3 is 2.31 bits per heavy atom. The Morgan fingerprint density at radius 1 is 0.944 bits per heavy atom. The van der Waals surface area contributed by atoms with Crippen LogP contribution in [0.25, 0.3) is 0 Å². The minimum Gasteiger partial charge on any atom is -0.497 e. The van der Waals surface area contributed by atoms with E-state index in [1.807, 2.05) is 61.5 Å². The summed E-state index contributed by atoms with van der Waals surface area (Å²) in [6, 6.07) is 18.0. The average Bonchev–Trinajstić information content (AvgIpc) is 2.89. The molecule has 0 spiro atoms. The molecule has 3 aromatic carbocycles. The number of benzene rings is 3. The smallest absolute Gasteiger partial charge is 0.229 e. The van der Waals surface area contributed by atoms with Crippen molar-refractivity contribution in [2.45, 2.75) is 25.8 Å². The molecule has 1 fully saturated rings. The van der Waals surface area contributed by atoms with Crippen molar-refractivity contribution in [2.24, 2.45) is 5.92 Å². The third kappa shape index (κ3) is 5.18. The highest BCUT2D eigenvalue weighted by atomic mass is 79.9. The van der Waals surface area contributed by atoms with Crippen molar-refractivity contribution in [3.05, 3.63) is 76.3 Å². The second kappa shape index (κ2) is 11.0. The van der Waals surface area contributed by atoms with E-state index in [4.69, 9.17) is 14.2 Å². The maximum absolute atomic E-state index is 13.7. The maximum atomic E-state index is 13.7. The van der Waals surface area contributed by atoms with Crippen LogP contribution in [0.5, 0.6) is 17.2 Å². The van der Waals surface area contributed by atoms with Crippen LogP contribution in [0.15, 0.2) is 65.1 Å². The van der Waals surface area contributed by atoms with Crippen LogP contribution in [0, 0.1) is 12.8 Å². The Labute approximate surface area is 219 Å². The molecule has 8 heteroatoms. The van der Waals surface area contributed by atoms with Gasteiger partial charge < -0.3 is 24.4 Å². The third-order valence-corrected chi connectivity index (χ3v) is 6.97. The molecule has 0 saturated carbocycles. The zero-order valence-electron chi connectivity index (χ0n) is 20.7. The van der Waals surface area contributed by atoms with Gasteiger partial charge in [-0.15, -0.1) is 0 Å². The summed E-state index contributed by atoms with van der Waals surface area (Å²) in [6.07, 6.45) is 0.680. The highest BCUT2D eigenvalue weighted by Gasteiger charge is 2.42. The van der Waals surface area contributed by atoms with Gasteiger partial charge in [0.25, 0.3) is 0 Å². The van der Waals surface area contributed by atoms with Crippen molar-refractivity contribution >= 4 is 39.1 Å². The number of aryl methyl sites for hydroxylation is 1. The number of halogens is 1. The molecule has 1 aliphatic heterocycles. The predicted octanol–water partition coefficient (Wildman–Crippen LogP) is 5.91. The van der Waals surface area contributed by atoms with E-state index in [0.717, 1.165) is 21.3 Å². The summed E-state index contributed by atoms with van der Waals surface area (Å²) in [5.74, 6) is 1.10. The minimum atomic E-state index is -0.546. The molecule has 1 heterocycles. The summed E-state index contributed by atoms with van der Waals surface area (Å²) in [5.41, 5.74) is 3.16. The maximum Gasteiger partial charge on any atom is 0.229 e. The van der Waals surface area contributed by atoms with Crippen LogP contribution >= 0.6 is 15.9 Å². The molecule has 0 radical (unpaired) electrons. The van der Waals surface area contributed by atoms with Gasteiger partial charge in [-0.1, -0.05) is 22.0 Å². The number of carbonyl (C=O) groups excluding carboxylic acids is 2. The third-order valence-electron chi connectivity index (χ3n) is 6.48. The number of rotatable bonds is 7. The van der Waals surface area contributed by atoms with Crippen molar-refractivity contribution in [1.29, 1.82) is 0 Å². The molecule has 4 rings (SSSR count). The number of piperidine rings is 1. The van der Waals surface area contributed by atoms with Gasteiger partial charge in [0.2, 0.25) is 11.8 Å². The fourth-order valence-electron chi connectivity index (χ4n) is 4.63. The highest BCUT2D eigenvalue weighted by Crippen LogP contribution is 2.43. The Hall–Kier alpha value is -3.52. The molecule has 1 aliphatic rings. The molecule has 188 valence electrons. The largest absolute Gasteiger partial charge is 0.497 e. The van der Waals surface area contributed by atoms with Crippen molar-refractivity contribution in [3.8, 4) is 17.2 Å². The van der Waals surface area contributed by atoms with E-state index < -0.39 is 12.0 Å². The van der Waals surface area contributed by atoms with Gasteiger partial charge in [-0.25, -0.2) is 0 Å². The zero-order chi connectivity index (χ0) is 25.8. The topological polar surface area (TPSA) is 77.1 Å². The number of methoxy groups -OCH3 is 3. The number of nitrogens with zero attached hydrogens (tertiary/aromatic N) is 1. The lowest BCUT2D eigenvalue weighted by Crippen LogP contribution is -2.47.